The maximum atomic E-state index is 14.0. The van der Waals surface area contributed by atoms with E-state index < -0.39 is 0 Å². The third-order valence-corrected chi connectivity index (χ3v) is 4.69. The standard InChI is InChI=1S/C14H20FNOS/c1-10(16-18-11-6-3-4-7-11)12-8-5-9-13(17-2)14(12)15/h5,8-11,16H,3-4,6-7H2,1-2H3. The zero-order valence-corrected chi connectivity index (χ0v) is 11.7. The molecule has 1 aliphatic rings. The van der Waals surface area contributed by atoms with E-state index in [2.05, 4.69) is 4.72 Å². The average Bonchev–Trinajstić information content (AvgIpc) is 2.89. The second-order valence-corrected chi connectivity index (χ2v) is 5.87. The van der Waals surface area contributed by atoms with Gasteiger partial charge in [-0.2, -0.15) is 0 Å². The number of benzene rings is 1. The second kappa shape index (κ2) is 6.43. The van der Waals surface area contributed by atoms with Gasteiger partial charge < -0.3 is 4.74 Å². The van der Waals surface area contributed by atoms with Crippen LogP contribution in [0.4, 0.5) is 4.39 Å². The molecule has 18 heavy (non-hydrogen) atoms. The molecule has 0 aliphatic heterocycles. The molecule has 1 fully saturated rings. The first-order chi connectivity index (χ1) is 8.72. The molecule has 4 heteroatoms. The molecule has 0 bridgehead atoms. The Hall–Kier alpha value is -0.740. The van der Waals surface area contributed by atoms with Crippen molar-refractivity contribution in [2.75, 3.05) is 7.11 Å². The van der Waals surface area contributed by atoms with Gasteiger partial charge in [0, 0.05) is 16.9 Å². The molecule has 0 amide bonds. The fourth-order valence-electron chi connectivity index (χ4n) is 2.29. The number of hydrogen-bond acceptors (Lipinski definition) is 3. The number of hydrogen-bond donors (Lipinski definition) is 1. The molecule has 100 valence electrons. The number of nitrogens with one attached hydrogen (secondary N) is 1. The van der Waals surface area contributed by atoms with Crippen molar-refractivity contribution >= 4 is 11.9 Å². The van der Waals surface area contributed by atoms with E-state index in [0.717, 1.165) is 0 Å². The summed E-state index contributed by atoms with van der Waals surface area (Å²) in [5.74, 6) is 0.0547. The molecule has 0 aromatic heterocycles. The van der Waals surface area contributed by atoms with Crippen LogP contribution >= 0.6 is 11.9 Å². The highest BCUT2D eigenvalue weighted by molar-refractivity contribution is 7.98. The third-order valence-electron chi connectivity index (χ3n) is 3.39. The summed E-state index contributed by atoms with van der Waals surface area (Å²) in [6.45, 7) is 1.99. The van der Waals surface area contributed by atoms with Crippen LogP contribution < -0.4 is 9.46 Å². The number of rotatable bonds is 5. The van der Waals surface area contributed by atoms with Crippen LogP contribution in [0.2, 0.25) is 0 Å². The third kappa shape index (κ3) is 3.18. The van der Waals surface area contributed by atoms with Gasteiger partial charge in [-0.3, -0.25) is 4.72 Å². The summed E-state index contributed by atoms with van der Waals surface area (Å²) >= 11 is 1.75. The molecule has 1 atom stereocenters. The van der Waals surface area contributed by atoms with Crippen molar-refractivity contribution in [3.05, 3.63) is 29.6 Å². The van der Waals surface area contributed by atoms with E-state index in [4.69, 9.17) is 4.74 Å². The minimum Gasteiger partial charge on any atom is -0.494 e. The van der Waals surface area contributed by atoms with Crippen molar-refractivity contribution in [3.8, 4) is 5.75 Å². The minimum atomic E-state index is -0.257. The van der Waals surface area contributed by atoms with Crippen molar-refractivity contribution in [3.63, 3.8) is 0 Å². The zero-order chi connectivity index (χ0) is 13.0. The summed E-state index contributed by atoms with van der Waals surface area (Å²) in [7, 11) is 1.49. The number of ether oxygens (including phenoxy) is 1. The molecular formula is C14H20FNOS. The van der Waals surface area contributed by atoms with Crippen molar-refractivity contribution in [2.45, 2.75) is 43.9 Å². The maximum Gasteiger partial charge on any atom is 0.169 e. The Morgan fingerprint density at radius 2 is 2.11 bits per heavy atom. The Morgan fingerprint density at radius 3 is 2.78 bits per heavy atom. The van der Waals surface area contributed by atoms with Gasteiger partial charge in [-0.15, -0.1) is 0 Å². The summed E-state index contributed by atoms with van der Waals surface area (Å²) in [5.41, 5.74) is 0.667. The van der Waals surface area contributed by atoms with Gasteiger partial charge >= 0.3 is 0 Å². The largest absolute Gasteiger partial charge is 0.494 e. The summed E-state index contributed by atoms with van der Waals surface area (Å²) in [6.07, 6.45) is 5.18. The van der Waals surface area contributed by atoms with E-state index >= 15 is 0 Å². The topological polar surface area (TPSA) is 21.3 Å². The molecule has 1 aromatic carbocycles. The van der Waals surface area contributed by atoms with Gasteiger partial charge in [-0.1, -0.05) is 36.9 Å². The first-order valence-electron chi connectivity index (χ1n) is 6.46. The zero-order valence-electron chi connectivity index (χ0n) is 10.9. The highest BCUT2D eigenvalue weighted by atomic mass is 32.2. The Kier molecular flexibility index (Phi) is 4.89. The highest BCUT2D eigenvalue weighted by Crippen LogP contribution is 2.31. The van der Waals surface area contributed by atoms with Crippen LogP contribution in [0.15, 0.2) is 18.2 Å². The molecule has 2 rings (SSSR count). The van der Waals surface area contributed by atoms with Crippen LogP contribution in [-0.4, -0.2) is 12.4 Å². The van der Waals surface area contributed by atoms with Crippen LogP contribution in [0.1, 0.15) is 44.2 Å². The molecule has 1 aliphatic carbocycles. The van der Waals surface area contributed by atoms with Crippen LogP contribution in [0.3, 0.4) is 0 Å². The van der Waals surface area contributed by atoms with Gasteiger partial charge in [0.15, 0.2) is 11.6 Å². The summed E-state index contributed by atoms with van der Waals surface area (Å²) in [4.78, 5) is 0. The van der Waals surface area contributed by atoms with Gasteiger partial charge in [0.05, 0.1) is 7.11 Å². The van der Waals surface area contributed by atoms with Crippen molar-refractivity contribution in [2.24, 2.45) is 0 Å². The van der Waals surface area contributed by atoms with Crippen molar-refractivity contribution in [1.82, 2.24) is 4.72 Å². The quantitative estimate of drug-likeness (QED) is 0.814. The first-order valence-corrected chi connectivity index (χ1v) is 7.34. The summed E-state index contributed by atoms with van der Waals surface area (Å²) < 4.78 is 22.4. The van der Waals surface area contributed by atoms with Crippen LogP contribution in [0.25, 0.3) is 0 Å². The molecule has 0 spiro atoms. The van der Waals surface area contributed by atoms with E-state index in [1.807, 2.05) is 19.1 Å². The van der Waals surface area contributed by atoms with E-state index in [-0.39, 0.29) is 11.9 Å². The van der Waals surface area contributed by atoms with Crippen LogP contribution in [0.5, 0.6) is 5.75 Å². The van der Waals surface area contributed by atoms with Gasteiger partial charge in [-0.05, 0) is 25.8 Å². The lowest BCUT2D eigenvalue weighted by Crippen LogP contribution is -2.16. The van der Waals surface area contributed by atoms with E-state index in [0.29, 0.717) is 16.6 Å². The molecule has 0 radical (unpaired) electrons. The lowest BCUT2D eigenvalue weighted by Gasteiger charge is -2.18. The average molecular weight is 269 g/mol. The monoisotopic (exact) mass is 269 g/mol. The Morgan fingerprint density at radius 1 is 1.39 bits per heavy atom. The molecule has 0 heterocycles. The fraction of sp³-hybridized carbons (Fsp3) is 0.571. The van der Waals surface area contributed by atoms with E-state index in [1.54, 1.807) is 18.0 Å². The Bertz CT molecular complexity index is 393. The van der Waals surface area contributed by atoms with Gasteiger partial charge in [-0.25, -0.2) is 4.39 Å². The predicted molar refractivity (Wildman–Crippen MR) is 74.3 cm³/mol. The molecule has 2 nitrogen and oxygen atoms in total. The molecule has 1 saturated carbocycles. The van der Waals surface area contributed by atoms with Crippen molar-refractivity contribution in [1.29, 1.82) is 0 Å². The van der Waals surface area contributed by atoms with Gasteiger partial charge in [0.2, 0.25) is 0 Å². The van der Waals surface area contributed by atoms with Crippen molar-refractivity contribution < 1.29 is 9.13 Å². The molecule has 1 N–H and O–H groups in total. The Labute approximate surface area is 112 Å². The molecule has 0 saturated heterocycles. The lowest BCUT2D eigenvalue weighted by molar-refractivity contribution is 0.382. The van der Waals surface area contributed by atoms with E-state index in [9.17, 15) is 4.39 Å². The minimum absolute atomic E-state index is 0.00861. The van der Waals surface area contributed by atoms with E-state index in [1.165, 1.54) is 32.8 Å². The molecule has 1 unspecified atom stereocenters. The predicted octanol–water partition coefficient (Wildman–Crippen LogP) is 4.08. The van der Waals surface area contributed by atoms with Gasteiger partial charge in [0.1, 0.15) is 0 Å². The van der Waals surface area contributed by atoms with Crippen LogP contribution in [-0.2, 0) is 0 Å². The smallest absolute Gasteiger partial charge is 0.169 e. The highest BCUT2D eigenvalue weighted by Gasteiger charge is 2.19. The first kappa shape index (κ1) is 13.7. The maximum absolute atomic E-state index is 14.0. The van der Waals surface area contributed by atoms with Crippen LogP contribution in [0, 0.1) is 5.82 Å². The summed E-state index contributed by atoms with van der Waals surface area (Å²) in [6, 6.07) is 5.28. The number of halogens is 1. The SMILES string of the molecule is COc1cccc(C(C)NSC2CCCC2)c1F. The number of methoxy groups -OCH3 is 1. The lowest BCUT2D eigenvalue weighted by atomic mass is 10.1. The summed E-state index contributed by atoms with van der Waals surface area (Å²) in [5, 5.41) is 0.682. The fourth-order valence-corrected chi connectivity index (χ4v) is 3.38. The Balaban J connectivity index is 1.97. The normalized spacial score (nSPS) is 17.9. The van der Waals surface area contributed by atoms with Gasteiger partial charge in [0.25, 0.3) is 0 Å². The second-order valence-electron chi connectivity index (χ2n) is 4.73. The molecular weight excluding hydrogens is 249 g/mol. The molecule has 1 aromatic rings.